The first-order valence-corrected chi connectivity index (χ1v) is 8.02. The van der Waals surface area contributed by atoms with E-state index in [2.05, 4.69) is 4.98 Å². The summed E-state index contributed by atoms with van der Waals surface area (Å²) in [5.41, 5.74) is 1.18. The Balaban J connectivity index is 1.86. The molecule has 26 heavy (non-hydrogen) atoms. The Labute approximate surface area is 149 Å². The molecule has 0 bridgehead atoms. The van der Waals surface area contributed by atoms with Crippen molar-refractivity contribution in [2.24, 2.45) is 0 Å². The number of aromatic nitrogens is 1. The van der Waals surface area contributed by atoms with Crippen LogP contribution >= 0.6 is 0 Å². The van der Waals surface area contributed by atoms with Crippen LogP contribution in [0, 0.1) is 10.1 Å². The van der Waals surface area contributed by atoms with Gasteiger partial charge in [0.05, 0.1) is 10.3 Å². The van der Waals surface area contributed by atoms with Gasteiger partial charge in [-0.3, -0.25) is 15.1 Å². The van der Waals surface area contributed by atoms with Crippen LogP contribution in [0.1, 0.15) is 12.0 Å². The number of hydrogen-bond acceptors (Lipinski definition) is 5. The number of pyridine rings is 1. The van der Waals surface area contributed by atoms with Crippen molar-refractivity contribution in [1.82, 2.24) is 4.98 Å². The average molecular weight is 352 g/mol. The smallest absolute Gasteiger partial charge is 0.344 e. The molecular formula is C19H16N2O5. The quantitative estimate of drug-likeness (QED) is 0.515. The van der Waals surface area contributed by atoms with E-state index in [0.29, 0.717) is 11.8 Å². The molecule has 0 saturated carbocycles. The number of nitrogens with zero attached hydrogens (tertiary/aromatic N) is 2. The van der Waals surface area contributed by atoms with Gasteiger partial charge in [0.2, 0.25) is 0 Å². The molecular weight excluding hydrogens is 336 g/mol. The van der Waals surface area contributed by atoms with Crippen molar-refractivity contribution in [2.45, 2.75) is 18.9 Å². The Morgan fingerprint density at radius 2 is 1.92 bits per heavy atom. The van der Waals surface area contributed by atoms with Crippen LogP contribution in [0.4, 0.5) is 5.69 Å². The summed E-state index contributed by atoms with van der Waals surface area (Å²) in [6.07, 6.45) is 1.21. The minimum absolute atomic E-state index is 0.100. The lowest BCUT2D eigenvalue weighted by atomic mass is 10.1. The first kappa shape index (κ1) is 17.3. The van der Waals surface area contributed by atoms with Crippen molar-refractivity contribution in [2.75, 3.05) is 0 Å². The van der Waals surface area contributed by atoms with Crippen LogP contribution in [0.15, 0.2) is 60.8 Å². The van der Waals surface area contributed by atoms with Crippen LogP contribution in [0.2, 0.25) is 0 Å². The van der Waals surface area contributed by atoms with Gasteiger partial charge in [0.1, 0.15) is 11.3 Å². The maximum atomic E-state index is 11.6. The Hall–Kier alpha value is -3.48. The zero-order chi connectivity index (χ0) is 18.5. The number of hydrogen-bond donors (Lipinski definition) is 1. The molecule has 1 N–H and O–H groups in total. The zero-order valence-electron chi connectivity index (χ0n) is 13.7. The van der Waals surface area contributed by atoms with Crippen molar-refractivity contribution < 1.29 is 19.6 Å². The predicted octanol–water partition coefficient (Wildman–Crippen LogP) is 3.61. The number of carbonyl (C=O) groups is 1. The molecule has 0 amide bonds. The molecule has 1 heterocycles. The Morgan fingerprint density at radius 1 is 1.15 bits per heavy atom. The monoisotopic (exact) mass is 352 g/mol. The number of carboxylic acids is 1. The molecule has 0 radical (unpaired) electrons. The minimum Gasteiger partial charge on any atom is -0.479 e. The number of carboxylic acid groups (broad SMARTS) is 1. The van der Waals surface area contributed by atoms with E-state index in [4.69, 9.17) is 4.74 Å². The van der Waals surface area contributed by atoms with Crippen LogP contribution in [0.5, 0.6) is 5.75 Å². The van der Waals surface area contributed by atoms with Crippen LogP contribution < -0.4 is 4.74 Å². The SMILES string of the molecule is O=C(O)C(CCc1ccccc1)Oc1ccc([N+](=O)[O-])c2cccnc12. The van der Waals surface area contributed by atoms with Crippen molar-refractivity contribution in [3.8, 4) is 5.75 Å². The molecule has 2 aromatic carbocycles. The maximum absolute atomic E-state index is 11.6. The summed E-state index contributed by atoms with van der Waals surface area (Å²) in [7, 11) is 0. The molecule has 0 aliphatic heterocycles. The third kappa shape index (κ3) is 3.77. The summed E-state index contributed by atoms with van der Waals surface area (Å²) in [5, 5.41) is 20.9. The molecule has 1 aromatic heterocycles. The lowest BCUT2D eigenvalue weighted by Crippen LogP contribution is -2.27. The highest BCUT2D eigenvalue weighted by Crippen LogP contribution is 2.32. The second-order valence-electron chi connectivity index (χ2n) is 5.71. The summed E-state index contributed by atoms with van der Waals surface area (Å²) in [6, 6.07) is 15.4. The summed E-state index contributed by atoms with van der Waals surface area (Å²) in [6.45, 7) is 0. The molecule has 0 aliphatic carbocycles. The number of aryl methyl sites for hydroxylation is 1. The molecule has 0 spiro atoms. The molecule has 0 aliphatic rings. The van der Waals surface area contributed by atoms with Crippen LogP contribution in [-0.2, 0) is 11.2 Å². The largest absolute Gasteiger partial charge is 0.479 e. The van der Waals surface area contributed by atoms with E-state index in [1.807, 2.05) is 30.3 Å². The van der Waals surface area contributed by atoms with Crippen LogP contribution in [-0.4, -0.2) is 27.1 Å². The molecule has 1 unspecified atom stereocenters. The van der Waals surface area contributed by atoms with E-state index in [-0.39, 0.29) is 23.4 Å². The van der Waals surface area contributed by atoms with Gasteiger partial charge in [-0.05, 0) is 36.6 Å². The van der Waals surface area contributed by atoms with Crippen molar-refractivity contribution in [3.63, 3.8) is 0 Å². The molecule has 3 rings (SSSR count). The number of fused-ring (bicyclic) bond motifs is 1. The van der Waals surface area contributed by atoms with E-state index >= 15 is 0 Å². The van der Waals surface area contributed by atoms with Crippen molar-refractivity contribution in [3.05, 3.63) is 76.5 Å². The first-order valence-electron chi connectivity index (χ1n) is 8.02. The fourth-order valence-corrected chi connectivity index (χ4v) is 2.71. The Kier molecular flexibility index (Phi) is 5.07. The van der Waals surface area contributed by atoms with Gasteiger partial charge in [0.15, 0.2) is 6.10 Å². The summed E-state index contributed by atoms with van der Waals surface area (Å²) in [5.74, 6) is -0.880. The fraction of sp³-hybridized carbons (Fsp3) is 0.158. The highest BCUT2D eigenvalue weighted by Gasteiger charge is 2.23. The average Bonchev–Trinajstić information content (AvgIpc) is 2.65. The second-order valence-corrected chi connectivity index (χ2v) is 5.71. The Morgan fingerprint density at radius 3 is 2.62 bits per heavy atom. The fourth-order valence-electron chi connectivity index (χ4n) is 2.71. The maximum Gasteiger partial charge on any atom is 0.344 e. The molecule has 7 nitrogen and oxygen atoms in total. The number of non-ortho nitro benzene ring substituents is 1. The standard InChI is InChI=1S/C19H16N2O5/c22-19(23)17(10-8-13-5-2-1-3-6-13)26-16-11-9-15(21(24)25)14-7-4-12-20-18(14)16/h1-7,9,11-12,17H,8,10H2,(H,22,23). The van der Waals surface area contributed by atoms with Gasteiger partial charge < -0.3 is 9.84 Å². The van der Waals surface area contributed by atoms with Crippen LogP contribution in [0.25, 0.3) is 10.9 Å². The molecule has 1 atom stereocenters. The third-order valence-corrected chi connectivity index (χ3v) is 3.99. The van der Waals surface area contributed by atoms with Gasteiger partial charge >= 0.3 is 5.97 Å². The van der Waals surface area contributed by atoms with Gasteiger partial charge in [-0.2, -0.15) is 0 Å². The highest BCUT2D eigenvalue weighted by molar-refractivity contribution is 5.92. The van der Waals surface area contributed by atoms with E-state index in [0.717, 1.165) is 5.56 Å². The Bertz CT molecular complexity index is 943. The van der Waals surface area contributed by atoms with E-state index in [1.165, 1.54) is 18.3 Å². The summed E-state index contributed by atoms with van der Waals surface area (Å²) >= 11 is 0. The first-order chi connectivity index (χ1) is 12.6. The predicted molar refractivity (Wildman–Crippen MR) is 95.2 cm³/mol. The summed E-state index contributed by atoms with van der Waals surface area (Å²) in [4.78, 5) is 26.4. The normalized spacial score (nSPS) is 11.8. The number of rotatable bonds is 7. The molecule has 0 saturated heterocycles. The molecule has 7 heteroatoms. The van der Waals surface area contributed by atoms with Gasteiger partial charge in [0.25, 0.3) is 5.69 Å². The van der Waals surface area contributed by atoms with Crippen LogP contribution in [0.3, 0.4) is 0 Å². The van der Waals surface area contributed by atoms with Gasteiger partial charge in [-0.25, -0.2) is 4.79 Å². The third-order valence-electron chi connectivity index (χ3n) is 3.99. The van der Waals surface area contributed by atoms with Crippen molar-refractivity contribution in [1.29, 1.82) is 0 Å². The lowest BCUT2D eigenvalue weighted by Gasteiger charge is -2.16. The number of nitro benzene ring substituents is 1. The van der Waals surface area contributed by atoms with Gasteiger partial charge in [-0.1, -0.05) is 30.3 Å². The highest BCUT2D eigenvalue weighted by atomic mass is 16.6. The molecule has 3 aromatic rings. The topological polar surface area (TPSA) is 103 Å². The number of ether oxygens (including phenoxy) is 1. The molecule has 0 fully saturated rings. The van der Waals surface area contributed by atoms with Crippen molar-refractivity contribution >= 4 is 22.6 Å². The number of benzene rings is 2. The number of aliphatic carboxylic acids is 1. The lowest BCUT2D eigenvalue weighted by molar-refractivity contribution is -0.383. The number of nitro groups is 1. The van der Waals surface area contributed by atoms with Gasteiger partial charge in [-0.15, -0.1) is 0 Å². The van der Waals surface area contributed by atoms with E-state index in [9.17, 15) is 20.0 Å². The van der Waals surface area contributed by atoms with E-state index in [1.54, 1.807) is 12.1 Å². The second kappa shape index (κ2) is 7.60. The van der Waals surface area contributed by atoms with Gasteiger partial charge in [0, 0.05) is 12.3 Å². The van der Waals surface area contributed by atoms with E-state index < -0.39 is 17.0 Å². The minimum atomic E-state index is -1.09. The molecule has 132 valence electrons. The summed E-state index contributed by atoms with van der Waals surface area (Å²) < 4.78 is 5.66. The zero-order valence-corrected chi connectivity index (χ0v) is 13.7.